The Morgan fingerprint density at radius 3 is 2.64 bits per heavy atom. The molecule has 2 aliphatic heterocycles. The number of ketones is 1. The van der Waals surface area contributed by atoms with Crippen molar-refractivity contribution < 1.29 is 24.2 Å². The van der Waals surface area contributed by atoms with Crippen molar-refractivity contribution in [2.45, 2.75) is 18.9 Å². The van der Waals surface area contributed by atoms with Gasteiger partial charge in [0.2, 0.25) is 0 Å². The van der Waals surface area contributed by atoms with Gasteiger partial charge in [-0.25, -0.2) is 0 Å². The van der Waals surface area contributed by atoms with Crippen LogP contribution >= 0.6 is 0 Å². The number of carbonyl (C=O) groups excluding carboxylic acids is 2. The third-order valence-corrected chi connectivity index (χ3v) is 6.07. The van der Waals surface area contributed by atoms with Crippen LogP contribution in [0.1, 0.15) is 29.2 Å². The van der Waals surface area contributed by atoms with Gasteiger partial charge in [-0.05, 0) is 54.3 Å². The molecule has 0 radical (unpaired) electrons. The van der Waals surface area contributed by atoms with Crippen molar-refractivity contribution in [2.24, 2.45) is 0 Å². The molecular formula is C27H23NO5. The number of methoxy groups -OCH3 is 1. The smallest absolute Gasteiger partial charge is 0.300 e. The van der Waals surface area contributed by atoms with Crippen molar-refractivity contribution in [1.29, 1.82) is 0 Å². The Morgan fingerprint density at radius 2 is 1.85 bits per heavy atom. The zero-order valence-electron chi connectivity index (χ0n) is 18.2. The number of carbonyl (C=O) groups is 2. The lowest BCUT2D eigenvalue weighted by molar-refractivity contribution is -0.132. The van der Waals surface area contributed by atoms with Crippen LogP contribution in [0.25, 0.3) is 5.76 Å². The first-order chi connectivity index (χ1) is 16.1. The number of nitrogens with zero attached hydrogens (tertiary/aromatic N) is 1. The fraction of sp³-hybridized carbons (Fsp3) is 0.185. The molecule has 1 amide bonds. The van der Waals surface area contributed by atoms with E-state index in [-0.39, 0.29) is 11.3 Å². The highest BCUT2D eigenvalue weighted by Crippen LogP contribution is 2.43. The molecule has 166 valence electrons. The van der Waals surface area contributed by atoms with Crippen molar-refractivity contribution in [3.8, 4) is 11.5 Å². The number of rotatable bonds is 4. The number of amides is 1. The van der Waals surface area contributed by atoms with Gasteiger partial charge < -0.3 is 14.6 Å². The van der Waals surface area contributed by atoms with Crippen LogP contribution < -0.4 is 14.4 Å². The van der Waals surface area contributed by atoms with E-state index in [2.05, 4.69) is 0 Å². The molecule has 33 heavy (non-hydrogen) atoms. The monoisotopic (exact) mass is 441 g/mol. The first kappa shape index (κ1) is 20.8. The van der Waals surface area contributed by atoms with Gasteiger partial charge in [-0.1, -0.05) is 36.4 Å². The van der Waals surface area contributed by atoms with Crippen LogP contribution in [0.4, 0.5) is 5.69 Å². The van der Waals surface area contributed by atoms with E-state index in [1.54, 1.807) is 43.5 Å². The van der Waals surface area contributed by atoms with Gasteiger partial charge in [0.05, 0.1) is 25.3 Å². The second kappa shape index (κ2) is 8.47. The number of benzene rings is 3. The van der Waals surface area contributed by atoms with E-state index in [0.717, 1.165) is 29.7 Å². The molecule has 0 spiro atoms. The molecule has 3 aromatic carbocycles. The molecule has 1 unspecified atom stereocenters. The molecule has 0 aromatic heterocycles. The van der Waals surface area contributed by atoms with Crippen molar-refractivity contribution in [2.75, 3.05) is 18.6 Å². The predicted octanol–water partition coefficient (Wildman–Crippen LogP) is 4.65. The summed E-state index contributed by atoms with van der Waals surface area (Å²) in [5.74, 6) is -0.260. The Bertz CT molecular complexity index is 1260. The molecule has 6 nitrogen and oxygen atoms in total. The van der Waals surface area contributed by atoms with Gasteiger partial charge in [0.1, 0.15) is 17.3 Å². The van der Waals surface area contributed by atoms with E-state index in [1.807, 2.05) is 36.4 Å². The molecule has 3 aromatic rings. The Kier molecular flexibility index (Phi) is 5.34. The molecule has 0 saturated carbocycles. The summed E-state index contributed by atoms with van der Waals surface area (Å²) >= 11 is 0. The average molecular weight is 441 g/mol. The minimum absolute atomic E-state index is 0.0608. The minimum Gasteiger partial charge on any atom is -0.507 e. The van der Waals surface area contributed by atoms with E-state index >= 15 is 0 Å². The fourth-order valence-electron chi connectivity index (χ4n) is 4.47. The lowest BCUT2D eigenvalue weighted by Gasteiger charge is -2.26. The zero-order chi connectivity index (χ0) is 22.9. The van der Waals surface area contributed by atoms with Gasteiger partial charge in [0.25, 0.3) is 11.7 Å². The summed E-state index contributed by atoms with van der Waals surface area (Å²) in [6.45, 7) is 0.665. The highest BCUT2D eigenvalue weighted by atomic mass is 16.5. The number of anilines is 1. The standard InChI is InChI=1S/C27H23NO5/c1-32-21-11-5-10-20(16-21)28-24(17-7-3-2-4-8-17)23(26(30)27(28)31)25(29)19-12-13-22-18(15-19)9-6-14-33-22/h2-5,7-8,10-13,15-16,24,29H,6,9,14H2,1H3/b25-23-. The molecular weight excluding hydrogens is 418 g/mol. The Morgan fingerprint density at radius 1 is 1.03 bits per heavy atom. The molecule has 6 heteroatoms. The number of Topliss-reactive ketones (excluding diaryl/α,β-unsaturated/α-hetero) is 1. The van der Waals surface area contributed by atoms with Crippen LogP contribution in [0.2, 0.25) is 0 Å². The van der Waals surface area contributed by atoms with Crippen LogP contribution in [0.5, 0.6) is 11.5 Å². The third kappa shape index (κ3) is 3.63. The summed E-state index contributed by atoms with van der Waals surface area (Å²) in [7, 11) is 1.54. The van der Waals surface area contributed by atoms with Crippen molar-refractivity contribution >= 4 is 23.1 Å². The van der Waals surface area contributed by atoms with Gasteiger partial charge >= 0.3 is 0 Å². The van der Waals surface area contributed by atoms with E-state index in [9.17, 15) is 14.7 Å². The van der Waals surface area contributed by atoms with Gasteiger partial charge in [-0.2, -0.15) is 0 Å². The minimum atomic E-state index is -0.773. The number of aliphatic hydroxyl groups is 1. The maximum atomic E-state index is 13.3. The Labute approximate surface area is 191 Å². The summed E-state index contributed by atoms with van der Waals surface area (Å²) in [6.07, 6.45) is 1.72. The van der Waals surface area contributed by atoms with Crippen LogP contribution in [0, 0.1) is 0 Å². The lowest BCUT2D eigenvalue weighted by atomic mass is 9.94. The normalized spacial score (nSPS) is 19.2. The third-order valence-electron chi connectivity index (χ3n) is 6.07. The first-order valence-electron chi connectivity index (χ1n) is 10.8. The highest BCUT2D eigenvalue weighted by Gasteiger charge is 2.47. The Balaban J connectivity index is 1.68. The van der Waals surface area contributed by atoms with Gasteiger partial charge in [0, 0.05) is 17.3 Å². The molecule has 2 heterocycles. The number of aryl methyl sites for hydroxylation is 1. The number of hydrogen-bond acceptors (Lipinski definition) is 5. The first-order valence-corrected chi connectivity index (χ1v) is 10.8. The maximum absolute atomic E-state index is 13.3. The van der Waals surface area contributed by atoms with Crippen molar-refractivity contribution in [3.05, 3.63) is 95.1 Å². The second-order valence-corrected chi connectivity index (χ2v) is 8.06. The van der Waals surface area contributed by atoms with Crippen LogP contribution in [0.3, 0.4) is 0 Å². The summed E-state index contributed by atoms with van der Waals surface area (Å²) in [4.78, 5) is 27.9. The molecule has 1 N–H and O–H groups in total. The number of fused-ring (bicyclic) bond motifs is 1. The van der Waals surface area contributed by atoms with Gasteiger partial charge in [0.15, 0.2) is 0 Å². The number of hydrogen-bond donors (Lipinski definition) is 1. The van der Waals surface area contributed by atoms with Crippen LogP contribution in [-0.2, 0) is 16.0 Å². The van der Waals surface area contributed by atoms with Crippen molar-refractivity contribution in [3.63, 3.8) is 0 Å². The zero-order valence-corrected chi connectivity index (χ0v) is 18.2. The topological polar surface area (TPSA) is 76.1 Å². The molecule has 0 aliphatic carbocycles. The average Bonchev–Trinajstić information content (AvgIpc) is 3.14. The molecule has 0 bridgehead atoms. The summed E-state index contributed by atoms with van der Waals surface area (Å²) in [5.41, 5.74) is 2.77. The quantitative estimate of drug-likeness (QED) is 0.362. The largest absolute Gasteiger partial charge is 0.507 e. The van der Waals surface area contributed by atoms with E-state index < -0.39 is 17.7 Å². The van der Waals surface area contributed by atoms with Gasteiger partial charge in [-0.3, -0.25) is 14.5 Å². The van der Waals surface area contributed by atoms with E-state index in [4.69, 9.17) is 9.47 Å². The number of ether oxygens (including phenoxy) is 2. The molecule has 2 aliphatic rings. The predicted molar refractivity (Wildman–Crippen MR) is 124 cm³/mol. The van der Waals surface area contributed by atoms with E-state index in [0.29, 0.717) is 23.6 Å². The van der Waals surface area contributed by atoms with Gasteiger partial charge in [-0.15, -0.1) is 0 Å². The van der Waals surface area contributed by atoms with Crippen molar-refractivity contribution in [1.82, 2.24) is 0 Å². The summed E-state index contributed by atoms with van der Waals surface area (Å²) in [6, 6.07) is 20.8. The maximum Gasteiger partial charge on any atom is 0.300 e. The second-order valence-electron chi connectivity index (χ2n) is 8.06. The van der Waals surface area contributed by atoms with Crippen LogP contribution in [-0.4, -0.2) is 30.5 Å². The van der Waals surface area contributed by atoms with E-state index in [1.165, 1.54) is 4.90 Å². The number of aliphatic hydroxyl groups excluding tert-OH is 1. The molecule has 1 fully saturated rings. The molecule has 5 rings (SSSR count). The molecule has 1 saturated heterocycles. The lowest BCUT2D eigenvalue weighted by Crippen LogP contribution is -2.29. The SMILES string of the molecule is COc1cccc(N2C(=O)C(=O)/C(=C(\O)c3ccc4c(c3)CCCO4)C2c2ccccc2)c1. The highest BCUT2D eigenvalue weighted by molar-refractivity contribution is 6.51. The summed E-state index contributed by atoms with van der Waals surface area (Å²) < 4.78 is 11.0. The Hall–Kier alpha value is -4.06. The van der Waals surface area contributed by atoms with Crippen LogP contribution in [0.15, 0.2) is 78.4 Å². The molecule has 1 atom stereocenters. The fourth-order valence-corrected chi connectivity index (χ4v) is 4.47. The summed E-state index contributed by atoms with van der Waals surface area (Å²) in [5, 5.41) is 11.3.